The van der Waals surface area contributed by atoms with Crippen LogP contribution in [0.15, 0.2) is 42.5 Å². The van der Waals surface area contributed by atoms with Crippen molar-refractivity contribution in [3.63, 3.8) is 0 Å². The second-order valence-corrected chi connectivity index (χ2v) is 4.89. The summed E-state index contributed by atoms with van der Waals surface area (Å²) in [7, 11) is 0. The van der Waals surface area contributed by atoms with Crippen LogP contribution in [0, 0.1) is 11.6 Å². The summed E-state index contributed by atoms with van der Waals surface area (Å²) >= 11 is 5.84. The molecule has 1 nitrogen and oxygen atoms in total. The second-order valence-electron chi connectivity index (χ2n) is 4.48. The third-order valence-electron chi connectivity index (χ3n) is 2.78. The Balaban J connectivity index is 2.09. The van der Waals surface area contributed by atoms with Crippen molar-refractivity contribution in [3.05, 3.63) is 64.7 Å². The number of rotatable bonds is 4. The number of anilines is 1. The molecule has 0 fully saturated rings. The maximum absolute atomic E-state index is 13.6. The molecule has 2 aromatic carbocycles. The van der Waals surface area contributed by atoms with Crippen LogP contribution < -0.4 is 5.32 Å². The molecule has 4 heteroatoms. The molecule has 0 spiro atoms. The molecular weight excluding hydrogens is 268 g/mol. The van der Waals surface area contributed by atoms with Crippen LogP contribution in [0.4, 0.5) is 14.5 Å². The van der Waals surface area contributed by atoms with Crippen molar-refractivity contribution in [2.45, 2.75) is 19.4 Å². The summed E-state index contributed by atoms with van der Waals surface area (Å²) in [5.74, 6) is -1.35. The minimum atomic E-state index is -0.677. The number of benzene rings is 2. The van der Waals surface area contributed by atoms with E-state index >= 15 is 0 Å². The van der Waals surface area contributed by atoms with Crippen molar-refractivity contribution in [1.29, 1.82) is 0 Å². The molecule has 1 N–H and O–H groups in total. The molecule has 0 radical (unpaired) electrons. The third-order valence-corrected chi connectivity index (χ3v) is 3.08. The number of nitrogens with one attached hydrogen (secondary N) is 1. The highest BCUT2D eigenvalue weighted by Gasteiger charge is 2.12. The lowest BCUT2D eigenvalue weighted by Crippen LogP contribution is -2.19. The van der Waals surface area contributed by atoms with Crippen molar-refractivity contribution in [3.8, 4) is 0 Å². The minimum Gasteiger partial charge on any atom is -0.379 e. The van der Waals surface area contributed by atoms with E-state index in [1.54, 1.807) is 0 Å². The van der Waals surface area contributed by atoms with E-state index in [-0.39, 0.29) is 16.8 Å². The highest BCUT2D eigenvalue weighted by molar-refractivity contribution is 6.33. The lowest BCUT2D eigenvalue weighted by Gasteiger charge is -2.17. The van der Waals surface area contributed by atoms with Crippen LogP contribution in [0.2, 0.25) is 5.02 Å². The normalized spacial score (nSPS) is 12.2. The van der Waals surface area contributed by atoms with E-state index in [0.717, 1.165) is 24.1 Å². The zero-order valence-electron chi connectivity index (χ0n) is 10.5. The maximum atomic E-state index is 13.6. The van der Waals surface area contributed by atoms with Gasteiger partial charge in [-0.05, 0) is 25.0 Å². The summed E-state index contributed by atoms with van der Waals surface area (Å²) < 4.78 is 26.6. The first-order valence-electron chi connectivity index (χ1n) is 6.01. The first-order chi connectivity index (χ1) is 9.06. The number of halogens is 3. The molecule has 0 heterocycles. The van der Waals surface area contributed by atoms with Crippen LogP contribution in [-0.2, 0) is 6.42 Å². The molecule has 100 valence electrons. The third kappa shape index (κ3) is 3.67. The van der Waals surface area contributed by atoms with Crippen LogP contribution in [0.25, 0.3) is 0 Å². The second kappa shape index (κ2) is 6.02. The lowest BCUT2D eigenvalue weighted by molar-refractivity contribution is 0.583. The Morgan fingerprint density at radius 1 is 1.16 bits per heavy atom. The van der Waals surface area contributed by atoms with Gasteiger partial charge in [0.05, 0.1) is 10.7 Å². The van der Waals surface area contributed by atoms with Gasteiger partial charge in [-0.25, -0.2) is 8.78 Å². The fraction of sp³-hybridized carbons (Fsp3) is 0.200. The molecule has 2 rings (SSSR count). The Hall–Kier alpha value is -1.61. The van der Waals surface area contributed by atoms with Crippen LogP contribution in [0.1, 0.15) is 12.5 Å². The molecular formula is C15H14ClF2N. The molecule has 1 unspecified atom stereocenters. The van der Waals surface area contributed by atoms with Gasteiger partial charge in [-0.1, -0.05) is 41.9 Å². The Morgan fingerprint density at radius 2 is 1.84 bits per heavy atom. The zero-order valence-corrected chi connectivity index (χ0v) is 11.2. The topological polar surface area (TPSA) is 12.0 Å². The van der Waals surface area contributed by atoms with Gasteiger partial charge in [0.15, 0.2) is 5.82 Å². The van der Waals surface area contributed by atoms with Gasteiger partial charge in [-0.2, -0.15) is 0 Å². The summed E-state index contributed by atoms with van der Waals surface area (Å²) in [5, 5.41) is 3.03. The Morgan fingerprint density at radius 3 is 2.47 bits per heavy atom. The SMILES string of the molecule is CC(Cc1ccccc1)Nc1c(F)cc(F)cc1Cl. The van der Waals surface area contributed by atoms with E-state index in [9.17, 15) is 8.78 Å². The minimum absolute atomic E-state index is 0.0140. The molecule has 19 heavy (non-hydrogen) atoms. The molecule has 1 atom stereocenters. The van der Waals surface area contributed by atoms with Crippen molar-refractivity contribution < 1.29 is 8.78 Å². The summed E-state index contributed by atoms with van der Waals surface area (Å²) in [6.45, 7) is 1.92. The van der Waals surface area contributed by atoms with E-state index in [0.29, 0.717) is 0 Å². The van der Waals surface area contributed by atoms with Gasteiger partial charge in [0, 0.05) is 12.1 Å². The van der Waals surface area contributed by atoms with Gasteiger partial charge in [0.1, 0.15) is 5.82 Å². The van der Waals surface area contributed by atoms with E-state index in [4.69, 9.17) is 11.6 Å². The van der Waals surface area contributed by atoms with E-state index < -0.39 is 11.6 Å². The average molecular weight is 282 g/mol. The quantitative estimate of drug-likeness (QED) is 0.859. The molecule has 0 bridgehead atoms. The first-order valence-corrected chi connectivity index (χ1v) is 6.39. The molecule has 0 saturated heterocycles. The fourth-order valence-corrected chi connectivity index (χ4v) is 2.19. The van der Waals surface area contributed by atoms with Crippen molar-refractivity contribution in [2.24, 2.45) is 0 Å². The Bertz CT molecular complexity index is 534. The van der Waals surface area contributed by atoms with Gasteiger partial charge in [0.2, 0.25) is 0 Å². The van der Waals surface area contributed by atoms with E-state index in [1.807, 2.05) is 37.3 Å². The predicted octanol–water partition coefficient (Wildman–Crippen LogP) is 4.66. The highest BCUT2D eigenvalue weighted by atomic mass is 35.5. The molecule has 0 amide bonds. The summed E-state index contributed by atoms with van der Waals surface area (Å²) in [5.41, 5.74) is 1.28. The molecule has 0 aliphatic carbocycles. The van der Waals surface area contributed by atoms with E-state index in [2.05, 4.69) is 5.32 Å². The smallest absolute Gasteiger partial charge is 0.150 e. The monoisotopic (exact) mass is 281 g/mol. The highest BCUT2D eigenvalue weighted by Crippen LogP contribution is 2.27. The van der Waals surface area contributed by atoms with Gasteiger partial charge in [0.25, 0.3) is 0 Å². The van der Waals surface area contributed by atoms with Crippen molar-refractivity contribution in [1.82, 2.24) is 0 Å². The molecule has 0 aliphatic heterocycles. The summed E-state index contributed by atoms with van der Waals surface area (Å²) in [6.07, 6.45) is 0.730. The maximum Gasteiger partial charge on any atom is 0.150 e. The average Bonchev–Trinajstić information content (AvgIpc) is 2.35. The van der Waals surface area contributed by atoms with Gasteiger partial charge < -0.3 is 5.32 Å². The van der Waals surface area contributed by atoms with Crippen LogP contribution >= 0.6 is 11.6 Å². The zero-order chi connectivity index (χ0) is 13.8. The van der Waals surface area contributed by atoms with Crippen molar-refractivity contribution >= 4 is 17.3 Å². The van der Waals surface area contributed by atoms with Crippen LogP contribution in [0.5, 0.6) is 0 Å². The fourth-order valence-electron chi connectivity index (χ4n) is 1.95. The number of hydrogen-bond acceptors (Lipinski definition) is 1. The summed E-state index contributed by atoms with van der Waals surface area (Å²) in [6, 6.07) is 11.8. The Kier molecular flexibility index (Phi) is 4.38. The van der Waals surface area contributed by atoms with Crippen LogP contribution in [-0.4, -0.2) is 6.04 Å². The first kappa shape index (κ1) is 13.8. The predicted molar refractivity (Wildman–Crippen MR) is 74.6 cm³/mol. The standard InChI is InChI=1S/C15H14ClF2N/c1-10(7-11-5-3-2-4-6-11)19-15-13(16)8-12(17)9-14(15)18/h2-6,8-10,19H,7H2,1H3. The molecule has 0 aliphatic rings. The molecule has 2 aromatic rings. The summed E-state index contributed by atoms with van der Waals surface area (Å²) in [4.78, 5) is 0. The van der Waals surface area contributed by atoms with Gasteiger partial charge >= 0.3 is 0 Å². The molecule has 0 aromatic heterocycles. The number of hydrogen-bond donors (Lipinski definition) is 1. The van der Waals surface area contributed by atoms with Gasteiger partial charge in [-0.3, -0.25) is 0 Å². The molecule has 0 saturated carbocycles. The Labute approximate surface area is 116 Å². The van der Waals surface area contributed by atoms with Gasteiger partial charge in [-0.15, -0.1) is 0 Å². The van der Waals surface area contributed by atoms with E-state index in [1.165, 1.54) is 0 Å². The van der Waals surface area contributed by atoms with Crippen LogP contribution in [0.3, 0.4) is 0 Å². The lowest BCUT2D eigenvalue weighted by atomic mass is 10.1. The van der Waals surface area contributed by atoms with Crippen molar-refractivity contribution in [2.75, 3.05) is 5.32 Å². The largest absolute Gasteiger partial charge is 0.379 e.